The molecule has 0 radical (unpaired) electrons. The number of halogens is 4. The molecule has 0 unspecified atom stereocenters. The fraction of sp³-hybridized carbons (Fsp3) is 0.333. The number of alkyl halides is 3. The van der Waals surface area contributed by atoms with Gasteiger partial charge >= 0.3 is 6.18 Å². The molecule has 0 amide bonds. The Morgan fingerprint density at radius 2 is 1.71 bits per heavy atom. The summed E-state index contributed by atoms with van der Waals surface area (Å²) in [5.41, 5.74) is -0.169. The Labute approximate surface area is 166 Å². The zero-order chi connectivity index (χ0) is 20.4. The molecule has 2 aromatic carbocycles. The van der Waals surface area contributed by atoms with Gasteiger partial charge in [-0.05, 0) is 35.9 Å². The van der Waals surface area contributed by atoms with Crippen molar-refractivity contribution in [2.45, 2.75) is 17.6 Å². The molecule has 1 aliphatic heterocycles. The first kappa shape index (κ1) is 20.9. The Kier molecular flexibility index (Phi) is 6.18. The second kappa shape index (κ2) is 8.28. The van der Waals surface area contributed by atoms with Crippen molar-refractivity contribution in [3.63, 3.8) is 0 Å². The molecule has 1 N–H and O–H groups in total. The third-order valence-corrected chi connectivity index (χ3v) is 5.93. The molecule has 2 aromatic rings. The van der Waals surface area contributed by atoms with Crippen LogP contribution in [0.2, 0.25) is 5.02 Å². The molecule has 10 heteroatoms. The van der Waals surface area contributed by atoms with Gasteiger partial charge in [-0.1, -0.05) is 23.7 Å². The van der Waals surface area contributed by atoms with Gasteiger partial charge in [0, 0.05) is 30.3 Å². The van der Waals surface area contributed by atoms with Gasteiger partial charge in [-0.3, -0.25) is 9.62 Å². The van der Waals surface area contributed by atoms with Crippen LogP contribution < -0.4 is 4.72 Å². The molecular formula is C18H18ClF3N2O3S. The molecule has 5 nitrogen and oxygen atoms in total. The van der Waals surface area contributed by atoms with E-state index < -0.39 is 26.7 Å². The van der Waals surface area contributed by atoms with Gasteiger partial charge in [0.25, 0.3) is 10.0 Å². The van der Waals surface area contributed by atoms with Gasteiger partial charge in [-0.25, -0.2) is 8.42 Å². The van der Waals surface area contributed by atoms with Crippen LogP contribution in [0.15, 0.2) is 47.4 Å². The molecule has 3 rings (SSSR count). The van der Waals surface area contributed by atoms with E-state index in [4.69, 9.17) is 16.3 Å². The van der Waals surface area contributed by atoms with Crippen LogP contribution in [0, 0.1) is 0 Å². The summed E-state index contributed by atoms with van der Waals surface area (Å²) in [5.74, 6) is 0. The van der Waals surface area contributed by atoms with Crippen molar-refractivity contribution in [3.8, 4) is 0 Å². The van der Waals surface area contributed by atoms with Gasteiger partial charge in [-0.2, -0.15) is 13.2 Å². The summed E-state index contributed by atoms with van der Waals surface area (Å²) in [5, 5.41) is -0.196. The van der Waals surface area contributed by atoms with Crippen molar-refractivity contribution in [3.05, 3.63) is 58.6 Å². The number of benzene rings is 2. The molecule has 0 spiro atoms. The van der Waals surface area contributed by atoms with E-state index in [9.17, 15) is 21.6 Å². The quantitative estimate of drug-likeness (QED) is 0.773. The Bertz CT molecular complexity index is 928. The fourth-order valence-electron chi connectivity index (χ4n) is 2.86. The molecule has 1 heterocycles. The third kappa shape index (κ3) is 5.16. The van der Waals surface area contributed by atoms with E-state index in [-0.39, 0.29) is 10.7 Å². The van der Waals surface area contributed by atoms with E-state index in [1.807, 2.05) is 0 Å². The Hall–Kier alpha value is -1.81. The number of nitrogens with one attached hydrogen (secondary N) is 1. The van der Waals surface area contributed by atoms with Crippen molar-refractivity contribution in [2.75, 3.05) is 31.0 Å². The molecule has 1 fully saturated rings. The van der Waals surface area contributed by atoms with Gasteiger partial charge in [0.15, 0.2) is 0 Å². The molecule has 0 aliphatic carbocycles. The second-order valence-corrected chi connectivity index (χ2v) is 8.42. The lowest BCUT2D eigenvalue weighted by Crippen LogP contribution is -2.35. The highest BCUT2D eigenvalue weighted by molar-refractivity contribution is 7.92. The van der Waals surface area contributed by atoms with E-state index in [0.717, 1.165) is 30.8 Å². The van der Waals surface area contributed by atoms with Crippen molar-refractivity contribution < 1.29 is 26.3 Å². The molecule has 0 saturated carbocycles. The normalized spacial score (nSPS) is 16.1. The average molecular weight is 435 g/mol. The van der Waals surface area contributed by atoms with E-state index in [1.165, 1.54) is 12.1 Å². The summed E-state index contributed by atoms with van der Waals surface area (Å²) in [7, 11) is -4.44. The van der Waals surface area contributed by atoms with Gasteiger partial charge in [0.1, 0.15) is 0 Å². The number of anilines is 1. The first-order valence-electron chi connectivity index (χ1n) is 8.44. The maximum Gasteiger partial charge on any atom is 0.417 e. The number of morpholine rings is 1. The second-order valence-electron chi connectivity index (χ2n) is 6.33. The van der Waals surface area contributed by atoms with Gasteiger partial charge in [-0.15, -0.1) is 0 Å². The van der Waals surface area contributed by atoms with Gasteiger partial charge in [0.05, 0.1) is 23.7 Å². The highest BCUT2D eigenvalue weighted by Gasteiger charge is 2.37. The number of nitrogens with zero attached hydrogens (tertiary/aromatic N) is 1. The topological polar surface area (TPSA) is 58.6 Å². The molecule has 0 bridgehead atoms. The first-order valence-corrected chi connectivity index (χ1v) is 10.3. The zero-order valence-corrected chi connectivity index (χ0v) is 16.2. The molecule has 0 atom stereocenters. The van der Waals surface area contributed by atoms with E-state index in [1.54, 1.807) is 12.1 Å². The highest BCUT2D eigenvalue weighted by Crippen LogP contribution is 2.36. The minimum absolute atomic E-state index is 0.175. The molecule has 28 heavy (non-hydrogen) atoms. The van der Waals surface area contributed by atoms with E-state index >= 15 is 0 Å². The molecular weight excluding hydrogens is 417 g/mol. The maximum atomic E-state index is 13.2. The molecule has 0 aromatic heterocycles. The van der Waals surface area contributed by atoms with E-state index in [0.29, 0.717) is 25.8 Å². The number of hydrogen-bond acceptors (Lipinski definition) is 4. The predicted octanol–water partition coefficient (Wildman–Crippen LogP) is 3.99. The van der Waals surface area contributed by atoms with Crippen molar-refractivity contribution in [2.24, 2.45) is 0 Å². The lowest BCUT2D eigenvalue weighted by Gasteiger charge is -2.26. The SMILES string of the molecule is O=S(=O)(Nc1ccc(CN2CCOCC2)cc1)c1ccc(Cl)cc1C(F)(F)F. The number of ether oxygens (including phenoxy) is 1. The van der Waals surface area contributed by atoms with Crippen LogP contribution in [0.4, 0.5) is 18.9 Å². The number of sulfonamides is 1. The van der Waals surface area contributed by atoms with E-state index in [2.05, 4.69) is 9.62 Å². The first-order chi connectivity index (χ1) is 13.1. The lowest BCUT2D eigenvalue weighted by molar-refractivity contribution is -0.139. The van der Waals surface area contributed by atoms with Crippen LogP contribution in [0.1, 0.15) is 11.1 Å². The zero-order valence-electron chi connectivity index (χ0n) is 14.7. The smallest absolute Gasteiger partial charge is 0.379 e. The lowest BCUT2D eigenvalue weighted by atomic mass is 10.2. The predicted molar refractivity (Wildman–Crippen MR) is 99.8 cm³/mol. The van der Waals surface area contributed by atoms with Crippen LogP contribution >= 0.6 is 11.6 Å². The average Bonchev–Trinajstić information content (AvgIpc) is 2.63. The summed E-state index contributed by atoms with van der Waals surface area (Å²) >= 11 is 5.60. The molecule has 1 aliphatic rings. The summed E-state index contributed by atoms with van der Waals surface area (Å²) in [6, 6.07) is 9.07. The summed E-state index contributed by atoms with van der Waals surface area (Å²) in [4.78, 5) is 1.33. The van der Waals surface area contributed by atoms with Crippen LogP contribution in [0.25, 0.3) is 0 Å². The van der Waals surface area contributed by atoms with Crippen molar-refractivity contribution >= 4 is 27.3 Å². The van der Waals surface area contributed by atoms with Crippen molar-refractivity contribution in [1.82, 2.24) is 4.90 Å². The summed E-state index contributed by atoms with van der Waals surface area (Å²) in [6.45, 7) is 3.64. The largest absolute Gasteiger partial charge is 0.417 e. The number of rotatable bonds is 5. The fourth-order valence-corrected chi connectivity index (χ4v) is 4.30. The maximum absolute atomic E-state index is 13.2. The summed E-state index contributed by atoms with van der Waals surface area (Å²) in [6.07, 6.45) is -4.85. The minimum Gasteiger partial charge on any atom is -0.379 e. The number of hydrogen-bond donors (Lipinski definition) is 1. The van der Waals surface area contributed by atoms with Crippen LogP contribution in [0.5, 0.6) is 0 Å². The molecule has 1 saturated heterocycles. The highest BCUT2D eigenvalue weighted by atomic mass is 35.5. The Balaban J connectivity index is 1.77. The van der Waals surface area contributed by atoms with Crippen LogP contribution in [-0.2, 0) is 27.5 Å². The third-order valence-electron chi connectivity index (χ3n) is 4.25. The monoisotopic (exact) mass is 434 g/mol. The summed E-state index contributed by atoms with van der Waals surface area (Å²) < 4.78 is 72.1. The van der Waals surface area contributed by atoms with Crippen LogP contribution in [0.3, 0.4) is 0 Å². The van der Waals surface area contributed by atoms with Gasteiger partial charge < -0.3 is 4.74 Å². The van der Waals surface area contributed by atoms with Gasteiger partial charge in [0.2, 0.25) is 0 Å². The minimum atomic E-state index is -4.85. The standard InChI is InChI=1S/C18H18ClF3N2O3S/c19-14-3-6-17(16(11-14)18(20,21)22)28(25,26)23-15-4-1-13(2-5-15)12-24-7-9-27-10-8-24/h1-6,11,23H,7-10,12H2. The van der Waals surface area contributed by atoms with Crippen molar-refractivity contribution in [1.29, 1.82) is 0 Å². The molecule has 152 valence electrons. The Morgan fingerprint density at radius 3 is 2.32 bits per heavy atom. The van der Waals surface area contributed by atoms with Crippen LogP contribution in [-0.4, -0.2) is 39.6 Å². The Morgan fingerprint density at radius 1 is 1.07 bits per heavy atom.